The van der Waals surface area contributed by atoms with Gasteiger partial charge in [-0.25, -0.2) is 9.97 Å². The average molecular weight is 377 g/mol. The minimum atomic E-state index is -0.522. The van der Waals surface area contributed by atoms with Gasteiger partial charge < -0.3 is 15.5 Å². The highest BCUT2D eigenvalue weighted by atomic mass is 16.2. The van der Waals surface area contributed by atoms with Crippen LogP contribution < -0.4 is 15.5 Å². The maximum atomic E-state index is 12.1. The molecule has 8 nitrogen and oxygen atoms in total. The summed E-state index contributed by atoms with van der Waals surface area (Å²) in [5, 5.41) is 5.65. The van der Waals surface area contributed by atoms with Crippen LogP contribution in [0.2, 0.25) is 0 Å². The Balaban J connectivity index is 1.60. The highest BCUT2D eigenvalue weighted by Gasteiger charge is 2.25. The van der Waals surface area contributed by atoms with E-state index in [0.717, 1.165) is 45.1 Å². The fourth-order valence-electron chi connectivity index (χ4n) is 2.77. The zero-order chi connectivity index (χ0) is 19.9. The third-order valence-electron chi connectivity index (χ3n) is 4.58. The van der Waals surface area contributed by atoms with Gasteiger partial charge >= 0.3 is 0 Å². The van der Waals surface area contributed by atoms with Crippen LogP contribution in [0.3, 0.4) is 0 Å². The molecule has 1 saturated heterocycles. The van der Waals surface area contributed by atoms with Crippen molar-refractivity contribution in [3.63, 3.8) is 0 Å². The number of carbonyl (C=O) groups is 2. The quantitative estimate of drug-likeness (QED) is 0.680. The molecule has 8 heteroatoms. The second-order valence-corrected chi connectivity index (χ2v) is 7.97. The molecule has 2 heterocycles. The predicted octanol–water partition coefficient (Wildman–Crippen LogP) is 0.656. The molecular formula is C19H32N6O2. The van der Waals surface area contributed by atoms with E-state index in [1.54, 1.807) is 19.3 Å². The molecule has 0 bridgehead atoms. The van der Waals surface area contributed by atoms with E-state index in [1.807, 2.05) is 26.8 Å². The summed E-state index contributed by atoms with van der Waals surface area (Å²) in [7, 11) is 0. The largest absolute Gasteiger partial charge is 0.354 e. The van der Waals surface area contributed by atoms with E-state index in [1.165, 1.54) is 0 Å². The predicted molar refractivity (Wildman–Crippen MR) is 105 cm³/mol. The fourth-order valence-corrected chi connectivity index (χ4v) is 2.77. The molecule has 0 spiro atoms. The molecule has 1 aromatic rings. The first-order chi connectivity index (χ1) is 12.8. The zero-order valence-electron chi connectivity index (χ0n) is 16.9. The van der Waals surface area contributed by atoms with Gasteiger partial charge in [-0.05, 0) is 26.0 Å². The van der Waals surface area contributed by atoms with E-state index in [0.29, 0.717) is 6.54 Å². The Labute approximate surface area is 161 Å². The summed E-state index contributed by atoms with van der Waals surface area (Å²) >= 11 is 0. The van der Waals surface area contributed by atoms with Gasteiger partial charge in [0.15, 0.2) is 0 Å². The molecule has 0 aromatic carbocycles. The van der Waals surface area contributed by atoms with Crippen LogP contribution in [-0.2, 0) is 9.59 Å². The molecule has 2 rings (SSSR count). The molecule has 0 radical (unpaired) electrons. The topological polar surface area (TPSA) is 90.5 Å². The van der Waals surface area contributed by atoms with Gasteiger partial charge in [0.1, 0.15) is 6.04 Å². The van der Waals surface area contributed by atoms with Crippen molar-refractivity contribution >= 4 is 17.8 Å². The molecule has 1 aliphatic rings. The first kappa shape index (κ1) is 21.1. The molecule has 2 amide bonds. The lowest BCUT2D eigenvalue weighted by molar-refractivity contribution is -0.133. The Bertz CT molecular complexity index is 608. The molecule has 1 aromatic heterocycles. The molecule has 0 aliphatic carbocycles. The Morgan fingerprint density at radius 1 is 1.15 bits per heavy atom. The lowest BCUT2D eigenvalue weighted by atomic mass is 9.95. The lowest BCUT2D eigenvalue weighted by Gasteiger charge is -2.34. The number of aromatic nitrogens is 2. The highest BCUT2D eigenvalue weighted by Crippen LogP contribution is 2.13. The van der Waals surface area contributed by atoms with E-state index in [9.17, 15) is 9.59 Å². The number of rotatable bonds is 7. The van der Waals surface area contributed by atoms with Crippen molar-refractivity contribution in [2.75, 3.05) is 44.2 Å². The van der Waals surface area contributed by atoms with Crippen LogP contribution >= 0.6 is 0 Å². The number of amides is 2. The second-order valence-electron chi connectivity index (χ2n) is 7.97. The minimum Gasteiger partial charge on any atom is -0.354 e. The second kappa shape index (κ2) is 9.64. The smallest absolute Gasteiger partial charge is 0.242 e. The van der Waals surface area contributed by atoms with Gasteiger partial charge in [-0.15, -0.1) is 0 Å². The van der Waals surface area contributed by atoms with Gasteiger partial charge in [-0.2, -0.15) is 0 Å². The lowest BCUT2D eigenvalue weighted by Crippen LogP contribution is -2.49. The molecular weight excluding hydrogens is 344 g/mol. The number of hydrogen-bond donors (Lipinski definition) is 2. The zero-order valence-corrected chi connectivity index (χ0v) is 16.9. The van der Waals surface area contributed by atoms with Crippen molar-refractivity contribution in [3.8, 4) is 0 Å². The molecule has 150 valence electrons. The van der Waals surface area contributed by atoms with Crippen molar-refractivity contribution in [1.29, 1.82) is 0 Å². The van der Waals surface area contributed by atoms with E-state index >= 15 is 0 Å². The number of nitrogens with one attached hydrogen (secondary N) is 2. The van der Waals surface area contributed by atoms with Crippen molar-refractivity contribution in [2.45, 2.75) is 40.2 Å². The SMILES string of the molecule is CC(NC(=O)C(C)(C)C)C(=O)NCCCN1CCN(c2ncccn2)CC1. The molecule has 1 aliphatic heterocycles. The first-order valence-corrected chi connectivity index (χ1v) is 9.60. The fraction of sp³-hybridized carbons (Fsp3) is 0.684. The molecule has 1 atom stereocenters. The van der Waals surface area contributed by atoms with Gasteiger partial charge in [0.2, 0.25) is 17.8 Å². The monoisotopic (exact) mass is 376 g/mol. The summed E-state index contributed by atoms with van der Waals surface area (Å²) in [5.41, 5.74) is -0.499. The Morgan fingerprint density at radius 3 is 2.37 bits per heavy atom. The van der Waals surface area contributed by atoms with E-state index in [2.05, 4.69) is 30.4 Å². The first-order valence-electron chi connectivity index (χ1n) is 9.60. The van der Waals surface area contributed by atoms with Crippen LogP contribution in [0.15, 0.2) is 18.5 Å². The van der Waals surface area contributed by atoms with Crippen LogP contribution in [0, 0.1) is 5.41 Å². The number of piperazine rings is 1. The van der Waals surface area contributed by atoms with E-state index in [-0.39, 0.29) is 11.8 Å². The average Bonchev–Trinajstić information content (AvgIpc) is 2.65. The molecule has 27 heavy (non-hydrogen) atoms. The summed E-state index contributed by atoms with van der Waals surface area (Å²) in [6.45, 7) is 12.5. The summed E-state index contributed by atoms with van der Waals surface area (Å²) in [5.74, 6) is 0.528. The number of hydrogen-bond acceptors (Lipinski definition) is 6. The maximum Gasteiger partial charge on any atom is 0.242 e. The van der Waals surface area contributed by atoms with Crippen LogP contribution in [-0.4, -0.2) is 72.0 Å². The van der Waals surface area contributed by atoms with Crippen LogP contribution in [0.4, 0.5) is 5.95 Å². The van der Waals surface area contributed by atoms with Crippen molar-refractivity contribution in [1.82, 2.24) is 25.5 Å². The van der Waals surface area contributed by atoms with Crippen molar-refractivity contribution in [2.24, 2.45) is 5.41 Å². The highest BCUT2D eigenvalue weighted by molar-refractivity contribution is 5.89. The molecule has 2 N–H and O–H groups in total. The van der Waals surface area contributed by atoms with Crippen LogP contribution in [0.5, 0.6) is 0 Å². The summed E-state index contributed by atoms with van der Waals surface area (Å²) in [6.07, 6.45) is 4.41. The Hall–Kier alpha value is -2.22. The number of anilines is 1. The molecule has 0 saturated carbocycles. The van der Waals surface area contributed by atoms with Gasteiger partial charge in [0.25, 0.3) is 0 Å². The standard InChI is InChI=1S/C19H32N6O2/c1-15(23-17(27)19(2,3)4)16(26)20-9-6-10-24-11-13-25(14-12-24)18-21-7-5-8-22-18/h5,7-8,15H,6,9-14H2,1-4H3,(H,20,26)(H,23,27). The Kier molecular flexibility index (Phi) is 7.53. The summed E-state index contributed by atoms with van der Waals surface area (Å²) in [6, 6.07) is 1.30. The summed E-state index contributed by atoms with van der Waals surface area (Å²) in [4.78, 5) is 37.2. The Morgan fingerprint density at radius 2 is 1.78 bits per heavy atom. The summed E-state index contributed by atoms with van der Waals surface area (Å²) < 4.78 is 0. The molecule has 1 fully saturated rings. The normalized spacial score (nSPS) is 16.7. The van der Waals surface area contributed by atoms with Crippen LogP contribution in [0.1, 0.15) is 34.1 Å². The van der Waals surface area contributed by atoms with E-state index < -0.39 is 11.5 Å². The number of carbonyl (C=O) groups excluding carboxylic acids is 2. The van der Waals surface area contributed by atoms with Gasteiger partial charge in [0.05, 0.1) is 0 Å². The van der Waals surface area contributed by atoms with E-state index in [4.69, 9.17) is 0 Å². The maximum absolute atomic E-state index is 12.1. The minimum absolute atomic E-state index is 0.120. The van der Waals surface area contributed by atoms with Crippen molar-refractivity contribution in [3.05, 3.63) is 18.5 Å². The van der Waals surface area contributed by atoms with Crippen molar-refractivity contribution < 1.29 is 9.59 Å². The molecule has 1 unspecified atom stereocenters. The number of nitrogens with zero attached hydrogens (tertiary/aromatic N) is 4. The third kappa shape index (κ3) is 6.78. The van der Waals surface area contributed by atoms with Gasteiger partial charge in [-0.1, -0.05) is 20.8 Å². The van der Waals surface area contributed by atoms with Gasteiger partial charge in [0, 0.05) is 50.5 Å². The van der Waals surface area contributed by atoms with Crippen LogP contribution in [0.25, 0.3) is 0 Å². The third-order valence-corrected chi connectivity index (χ3v) is 4.58. The van der Waals surface area contributed by atoms with Gasteiger partial charge in [-0.3, -0.25) is 14.5 Å².